The van der Waals surface area contributed by atoms with E-state index in [2.05, 4.69) is 0 Å². The second-order valence-electron chi connectivity index (χ2n) is 5.65. The first-order valence-corrected chi connectivity index (χ1v) is 8.26. The van der Waals surface area contributed by atoms with Gasteiger partial charge >= 0.3 is 0 Å². The summed E-state index contributed by atoms with van der Waals surface area (Å²) >= 11 is 0. The number of hydrogen-bond acceptors (Lipinski definition) is 16. The molecule has 0 unspecified atom stereocenters. The van der Waals surface area contributed by atoms with Crippen LogP contribution in [0.1, 0.15) is 0 Å². The smallest absolute Gasteiger partial charge is 0.139 e. The van der Waals surface area contributed by atoms with Gasteiger partial charge in [-0.25, -0.2) is 78.3 Å². The van der Waals surface area contributed by atoms with E-state index in [1.165, 1.54) is 0 Å². The number of rotatable bonds is 0. The van der Waals surface area contributed by atoms with Crippen molar-refractivity contribution in [2.75, 3.05) is 80.8 Å². The average Bonchev–Trinajstić information content (AvgIpc) is 2.75. The quantitative estimate of drug-likeness (QED) is 0.421. The third-order valence-electron chi connectivity index (χ3n) is 3.32. The van der Waals surface area contributed by atoms with Crippen molar-refractivity contribution in [3.05, 3.63) is 0 Å². The molecule has 0 radical (unpaired) electrons. The molecule has 0 aromatic rings. The van der Waals surface area contributed by atoms with Crippen LogP contribution in [-0.2, 0) is 58.7 Å². The summed E-state index contributed by atoms with van der Waals surface area (Å²) in [6.45, 7) is 2.67. The second-order valence-corrected chi connectivity index (χ2v) is 5.65. The molecule has 28 heavy (non-hydrogen) atoms. The van der Waals surface area contributed by atoms with E-state index < -0.39 is 0 Å². The van der Waals surface area contributed by atoms with E-state index in [9.17, 15) is 0 Å². The van der Waals surface area contributed by atoms with Crippen molar-refractivity contribution in [2.24, 2.45) is 0 Å². The number of fused-ring (bicyclic) bond motifs is 18. The first-order valence-electron chi connectivity index (χ1n) is 8.26. The Morgan fingerprint density at radius 2 is 0.321 bits per heavy atom. The molecule has 0 N–H and O–H groups in total. The van der Waals surface area contributed by atoms with E-state index in [1.54, 1.807) is 19.6 Å². The van der Waals surface area contributed by atoms with E-state index in [0.717, 1.165) is 0 Å². The van der Waals surface area contributed by atoms with Gasteiger partial charge in [-0.05, 0) is 0 Å². The monoisotopic (exact) mass is 416 g/mol. The fraction of sp³-hybridized carbons (Fsp3) is 1.00. The summed E-state index contributed by atoms with van der Waals surface area (Å²) < 4.78 is 0. The Balaban J connectivity index is 0.000000161. The van der Waals surface area contributed by atoms with Crippen molar-refractivity contribution in [1.82, 2.24) is 19.6 Å². The zero-order valence-corrected chi connectivity index (χ0v) is 15.2. The van der Waals surface area contributed by atoms with Gasteiger partial charge in [0.2, 0.25) is 0 Å². The van der Waals surface area contributed by atoms with Crippen molar-refractivity contribution in [3.8, 4) is 0 Å². The van der Waals surface area contributed by atoms with Gasteiger partial charge in [0.05, 0.1) is 0 Å². The molecule has 6 heterocycles. The zero-order valence-electron chi connectivity index (χ0n) is 15.2. The second kappa shape index (κ2) is 13.6. The molecule has 0 amide bonds. The fourth-order valence-electron chi connectivity index (χ4n) is 1.79. The summed E-state index contributed by atoms with van der Waals surface area (Å²) in [5.74, 6) is 0. The average molecular weight is 416 g/mol. The molecule has 6 rings (SSSR count). The molecule has 0 saturated carbocycles. The maximum Gasteiger partial charge on any atom is 0.139 e. The Morgan fingerprint density at radius 3 is 0.429 bits per heavy atom. The Morgan fingerprint density at radius 1 is 0.214 bits per heavy atom. The third-order valence-corrected chi connectivity index (χ3v) is 3.32. The summed E-state index contributed by atoms with van der Waals surface area (Å²) in [5, 5.41) is 0. The highest BCUT2D eigenvalue weighted by atomic mass is 17.2. The van der Waals surface area contributed by atoms with Crippen LogP contribution in [0.2, 0.25) is 0 Å². The summed E-state index contributed by atoms with van der Waals surface area (Å²) in [6, 6.07) is 0. The zero-order chi connectivity index (χ0) is 19.3. The van der Waals surface area contributed by atoms with Crippen molar-refractivity contribution in [2.45, 2.75) is 0 Å². The van der Waals surface area contributed by atoms with Gasteiger partial charge in [0.25, 0.3) is 0 Å². The van der Waals surface area contributed by atoms with E-state index in [1.807, 2.05) is 0 Å². The van der Waals surface area contributed by atoms with Gasteiger partial charge in [-0.2, -0.15) is 0 Å². The molecule has 4 bridgehead atoms. The predicted molar refractivity (Wildman–Crippen MR) is 78.8 cm³/mol. The summed E-state index contributed by atoms with van der Waals surface area (Å²) in [4.78, 5) is 65.3. The molecule has 6 aliphatic heterocycles. The standard InChI is InChI=1S/2C6H12N2O6/c2*1-7-2-11-13-5-8(4-10-9-1)6-14-12-3-7/h2*1-6H2. The molecule has 6 fully saturated rings. The van der Waals surface area contributed by atoms with Crippen LogP contribution in [0.5, 0.6) is 0 Å². The Labute approximate surface area is 160 Å². The minimum absolute atomic E-state index is 0.223. The van der Waals surface area contributed by atoms with Gasteiger partial charge in [-0.1, -0.05) is 0 Å². The molecule has 0 aliphatic carbocycles. The molecule has 0 atom stereocenters. The topological polar surface area (TPSA) is 124 Å². The normalized spacial score (nSPS) is 36.0. The van der Waals surface area contributed by atoms with E-state index in [-0.39, 0.29) is 80.8 Å². The molecular weight excluding hydrogens is 392 g/mol. The van der Waals surface area contributed by atoms with Gasteiger partial charge < -0.3 is 0 Å². The van der Waals surface area contributed by atoms with Crippen LogP contribution in [0.25, 0.3) is 0 Å². The Kier molecular flexibility index (Phi) is 10.7. The van der Waals surface area contributed by atoms with Crippen LogP contribution in [0, 0.1) is 0 Å². The SMILES string of the molecule is C1OOCN2COOCN1COOC2.C1OOCN2COOCN1COOC2. The summed E-state index contributed by atoms with van der Waals surface area (Å²) in [7, 11) is 0. The molecule has 16 heteroatoms. The summed E-state index contributed by atoms with van der Waals surface area (Å²) in [6.07, 6.45) is 0. The fourth-order valence-corrected chi connectivity index (χ4v) is 1.79. The number of hydrogen-bond donors (Lipinski definition) is 0. The lowest BCUT2D eigenvalue weighted by atomic mass is 10.8. The van der Waals surface area contributed by atoms with Crippen LogP contribution in [-0.4, -0.2) is 100 Å². The minimum atomic E-state index is 0.223. The molecule has 164 valence electrons. The molecular formula is C12H24N4O12. The van der Waals surface area contributed by atoms with Crippen molar-refractivity contribution in [1.29, 1.82) is 0 Å². The minimum Gasteiger partial charge on any atom is -0.225 e. The van der Waals surface area contributed by atoms with E-state index >= 15 is 0 Å². The van der Waals surface area contributed by atoms with Crippen LogP contribution in [0.3, 0.4) is 0 Å². The van der Waals surface area contributed by atoms with Crippen molar-refractivity contribution in [3.63, 3.8) is 0 Å². The summed E-state index contributed by atoms with van der Waals surface area (Å²) in [5.41, 5.74) is 0. The van der Waals surface area contributed by atoms with Crippen LogP contribution in [0.15, 0.2) is 0 Å². The number of nitrogens with zero attached hydrogens (tertiary/aromatic N) is 4. The van der Waals surface area contributed by atoms with Gasteiger partial charge in [0, 0.05) is 0 Å². The van der Waals surface area contributed by atoms with Crippen molar-refractivity contribution >= 4 is 0 Å². The lowest BCUT2D eigenvalue weighted by Crippen LogP contribution is -2.40. The highest BCUT2D eigenvalue weighted by molar-refractivity contribution is 4.39. The van der Waals surface area contributed by atoms with Gasteiger partial charge in [-0.3, -0.25) is 0 Å². The van der Waals surface area contributed by atoms with Gasteiger partial charge in [0.15, 0.2) is 0 Å². The largest absolute Gasteiger partial charge is 0.225 e. The first kappa shape index (κ1) is 22.1. The maximum atomic E-state index is 4.89. The molecule has 0 aromatic heterocycles. The molecule has 0 aromatic carbocycles. The molecule has 6 saturated heterocycles. The van der Waals surface area contributed by atoms with Gasteiger partial charge in [0.1, 0.15) is 80.8 Å². The highest BCUT2D eigenvalue weighted by Gasteiger charge is 2.17. The molecule has 6 aliphatic rings. The first-order chi connectivity index (χ1) is 13.9. The van der Waals surface area contributed by atoms with E-state index in [4.69, 9.17) is 58.7 Å². The Bertz CT molecular complexity index is 284. The third kappa shape index (κ3) is 8.80. The Hall–Kier alpha value is -0.640. The predicted octanol–water partition coefficient (Wildman–Crippen LogP) is -1.59. The van der Waals surface area contributed by atoms with Crippen LogP contribution >= 0.6 is 0 Å². The van der Waals surface area contributed by atoms with Crippen LogP contribution in [0.4, 0.5) is 0 Å². The lowest BCUT2D eigenvalue weighted by Gasteiger charge is -2.27. The molecule has 0 spiro atoms. The maximum absolute atomic E-state index is 4.89. The highest BCUT2D eigenvalue weighted by Crippen LogP contribution is 2.04. The van der Waals surface area contributed by atoms with Gasteiger partial charge in [-0.15, -0.1) is 0 Å². The lowest BCUT2D eigenvalue weighted by molar-refractivity contribution is -0.445. The molecule has 16 nitrogen and oxygen atoms in total. The van der Waals surface area contributed by atoms with E-state index in [0.29, 0.717) is 0 Å². The van der Waals surface area contributed by atoms with Crippen molar-refractivity contribution < 1.29 is 58.7 Å². The van der Waals surface area contributed by atoms with Crippen LogP contribution < -0.4 is 0 Å².